The van der Waals surface area contributed by atoms with Crippen molar-refractivity contribution in [1.82, 2.24) is 15.2 Å². The summed E-state index contributed by atoms with van der Waals surface area (Å²) < 4.78 is 0. The van der Waals surface area contributed by atoms with Crippen LogP contribution in [0, 0.1) is 6.92 Å². The van der Waals surface area contributed by atoms with E-state index in [1.165, 1.54) is 11.1 Å². The average molecular weight is 333 g/mol. The Labute approximate surface area is 148 Å². The van der Waals surface area contributed by atoms with Gasteiger partial charge in [-0.05, 0) is 48.6 Å². The second-order valence-electron chi connectivity index (χ2n) is 5.93. The largest absolute Gasteiger partial charge is 0.339 e. The Balaban J connectivity index is 1.80. The summed E-state index contributed by atoms with van der Waals surface area (Å²) in [6, 6.07) is 14.6. The molecule has 0 amide bonds. The Bertz CT molecular complexity index is 843. The summed E-state index contributed by atoms with van der Waals surface area (Å²) >= 11 is 0. The zero-order chi connectivity index (χ0) is 17.6. The number of para-hydroxylation sites is 1. The minimum absolute atomic E-state index is 0.485. The Morgan fingerprint density at radius 2 is 1.72 bits per heavy atom. The van der Waals surface area contributed by atoms with E-state index in [2.05, 4.69) is 76.9 Å². The van der Waals surface area contributed by atoms with Crippen molar-refractivity contribution in [2.75, 3.05) is 10.6 Å². The van der Waals surface area contributed by atoms with Gasteiger partial charge in [-0.25, -0.2) is 0 Å². The lowest BCUT2D eigenvalue weighted by molar-refractivity contribution is 0.979. The molecule has 0 spiro atoms. The standard InChI is InChI=1S/C20H23N5/c1-4-15-9-11-17(12-10-15)22-18-13-21-25-20(23-18)24-19-14(3)7-6-8-16(19)5-2/h6-13H,4-5H2,1-3H3,(H2,22,23,24,25). The topological polar surface area (TPSA) is 62.7 Å². The first kappa shape index (κ1) is 16.9. The van der Waals surface area contributed by atoms with E-state index in [-0.39, 0.29) is 0 Å². The molecule has 0 aliphatic heterocycles. The highest BCUT2D eigenvalue weighted by atomic mass is 15.3. The van der Waals surface area contributed by atoms with Gasteiger partial charge in [0, 0.05) is 11.4 Å². The number of aryl methyl sites for hydroxylation is 3. The van der Waals surface area contributed by atoms with Crippen molar-refractivity contribution in [1.29, 1.82) is 0 Å². The van der Waals surface area contributed by atoms with Crippen LogP contribution >= 0.6 is 0 Å². The maximum absolute atomic E-state index is 4.53. The lowest BCUT2D eigenvalue weighted by atomic mass is 10.1. The normalized spacial score (nSPS) is 10.5. The molecule has 25 heavy (non-hydrogen) atoms. The summed E-state index contributed by atoms with van der Waals surface area (Å²) in [5.41, 5.74) is 5.74. The van der Waals surface area contributed by atoms with Crippen molar-refractivity contribution in [3.63, 3.8) is 0 Å². The average Bonchev–Trinajstić information content (AvgIpc) is 2.64. The van der Waals surface area contributed by atoms with Crippen LogP contribution in [-0.2, 0) is 12.8 Å². The number of hydrogen-bond acceptors (Lipinski definition) is 5. The van der Waals surface area contributed by atoms with Crippen LogP contribution in [0.5, 0.6) is 0 Å². The first-order chi connectivity index (χ1) is 12.2. The first-order valence-corrected chi connectivity index (χ1v) is 8.60. The minimum Gasteiger partial charge on any atom is -0.339 e. The number of hydrogen-bond donors (Lipinski definition) is 2. The highest BCUT2D eigenvalue weighted by Gasteiger charge is 2.07. The van der Waals surface area contributed by atoms with Crippen molar-refractivity contribution in [3.8, 4) is 0 Å². The molecular weight excluding hydrogens is 310 g/mol. The molecule has 0 fully saturated rings. The van der Waals surface area contributed by atoms with Crippen LogP contribution in [0.1, 0.15) is 30.5 Å². The molecule has 5 heteroatoms. The molecule has 2 N–H and O–H groups in total. The molecule has 0 aliphatic rings. The summed E-state index contributed by atoms with van der Waals surface area (Å²) in [6.45, 7) is 6.36. The van der Waals surface area contributed by atoms with E-state index in [0.717, 1.165) is 29.8 Å². The maximum Gasteiger partial charge on any atom is 0.249 e. The predicted octanol–water partition coefficient (Wildman–Crippen LogP) is 4.79. The number of nitrogens with zero attached hydrogens (tertiary/aromatic N) is 3. The molecule has 3 aromatic rings. The molecule has 0 aliphatic carbocycles. The van der Waals surface area contributed by atoms with Crippen LogP contribution in [0.15, 0.2) is 48.7 Å². The van der Waals surface area contributed by atoms with Gasteiger partial charge in [-0.1, -0.05) is 44.2 Å². The maximum atomic E-state index is 4.53. The molecule has 3 rings (SSSR count). The highest BCUT2D eigenvalue weighted by Crippen LogP contribution is 2.24. The van der Waals surface area contributed by atoms with Crippen LogP contribution in [-0.4, -0.2) is 15.2 Å². The van der Waals surface area contributed by atoms with E-state index >= 15 is 0 Å². The Morgan fingerprint density at radius 3 is 2.44 bits per heavy atom. The van der Waals surface area contributed by atoms with Gasteiger partial charge in [-0.15, -0.1) is 5.10 Å². The molecule has 5 nitrogen and oxygen atoms in total. The zero-order valence-corrected chi connectivity index (χ0v) is 14.9. The van der Waals surface area contributed by atoms with Crippen LogP contribution < -0.4 is 10.6 Å². The molecule has 0 saturated carbocycles. The smallest absolute Gasteiger partial charge is 0.249 e. The Kier molecular flexibility index (Phi) is 5.23. The molecule has 0 atom stereocenters. The van der Waals surface area contributed by atoms with Crippen molar-refractivity contribution in [3.05, 3.63) is 65.4 Å². The number of nitrogens with one attached hydrogen (secondary N) is 2. The number of anilines is 4. The van der Waals surface area contributed by atoms with Gasteiger partial charge in [0.1, 0.15) is 0 Å². The van der Waals surface area contributed by atoms with E-state index in [1.54, 1.807) is 6.20 Å². The second kappa shape index (κ2) is 7.75. The quantitative estimate of drug-likeness (QED) is 0.679. The molecule has 0 unspecified atom stereocenters. The van der Waals surface area contributed by atoms with E-state index in [1.807, 2.05) is 12.1 Å². The van der Waals surface area contributed by atoms with Crippen molar-refractivity contribution >= 4 is 23.1 Å². The van der Waals surface area contributed by atoms with Gasteiger partial charge in [-0.2, -0.15) is 10.1 Å². The minimum atomic E-state index is 0.485. The Hall–Kier alpha value is -2.95. The second-order valence-corrected chi connectivity index (χ2v) is 5.93. The highest BCUT2D eigenvalue weighted by molar-refractivity contribution is 5.64. The fraction of sp³-hybridized carbons (Fsp3) is 0.250. The first-order valence-electron chi connectivity index (χ1n) is 8.60. The molecule has 1 aromatic heterocycles. The Morgan fingerprint density at radius 1 is 0.920 bits per heavy atom. The number of benzene rings is 2. The lowest BCUT2D eigenvalue weighted by Crippen LogP contribution is -2.05. The van der Waals surface area contributed by atoms with Crippen molar-refractivity contribution in [2.45, 2.75) is 33.6 Å². The summed E-state index contributed by atoms with van der Waals surface area (Å²) in [4.78, 5) is 4.53. The van der Waals surface area contributed by atoms with Crippen LogP contribution in [0.3, 0.4) is 0 Å². The van der Waals surface area contributed by atoms with Crippen LogP contribution in [0.25, 0.3) is 0 Å². The SMILES string of the molecule is CCc1ccc(Nc2cnnc(Nc3c(C)cccc3CC)n2)cc1. The number of rotatable bonds is 6. The van der Waals surface area contributed by atoms with Crippen LogP contribution in [0.4, 0.5) is 23.1 Å². The third-order valence-corrected chi connectivity index (χ3v) is 4.17. The van der Waals surface area contributed by atoms with Crippen LogP contribution in [0.2, 0.25) is 0 Å². The summed E-state index contributed by atoms with van der Waals surface area (Å²) in [7, 11) is 0. The number of aromatic nitrogens is 3. The van der Waals surface area contributed by atoms with E-state index < -0.39 is 0 Å². The van der Waals surface area contributed by atoms with Gasteiger partial charge in [0.15, 0.2) is 5.82 Å². The van der Waals surface area contributed by atoms with Gasteiger partial charge < -0.3 is 10.6 Å². The van der Waals surface area contributed by atoms with Crippen molar-refractivity contribution < 1.29 is 0 Å². The summed E-state index contributed by atoms with van der Waals surface area (Å²) in [5, 5.41) is 14.7. The lowest BCUT2D eigenvalue weighted by Gasteiger charge is -2.13. The third-order valence-electron chi connectivity index (χ3n) is 4.17. The molecule has 2 aromatic carbocycles. The molecular formula is C20H23N5. The van der Waals surface area contributed by atoms with Gasteiger partial charge in [0.05, 0.1) is 6.20 Å². The van der Waals surface area contributed by atoms with E-state index in [4.69, 9.17) is 0 Å². The molecule has 128 valence electrons. The predicted molar refractivity (Wildman–Crippen MR) is 103 cm³/mol. The van der Waals surface area contributed by atoms with Gasteiger partial charge in [-0.3, -0.25) is 0 Å². The van der Waals surface area contributed by atoms with Crippen molar-refractivity contribution in [2.24, 2.45) is 0 Å². The molecule has 0 bridgehead atoms. The molecule has 1 heterocycles. The van der Waals surface area contributed by atoms with Gasteiger partial charge in [0.25, 0.3) is 0 Å². The van der Waals surface area contributed by atoms with E-state index in [0.29, 0.717) is 11.8 Å². The monoisotopic (exact) mass is 333 g/mol. The zero-order valence-electron chi connectivity index (χ0n) is 14.9. The summed E-state index contributed by atoms with van der Waals surface area (Å²) in [6.07, 6.45) is 3.59. The van der Waals surface area contributed by atoms with Gasteiger partial charge >= 0.3 is 0 Å². The van der Waals surface area contributed by atoms with E-state index in [9.17, 15) is 0 Å². The molecule has 0 radical (unpaired) electrons. The third kappa shape index (κ3) is 4.12. The fourth-order valence-electron chi connectivity index (χ4n) is 2.70. The van der Waals surface area contributed by atoms with Gasteiger partial charge in [0.2, 0.25) is 5.95 Å². The molecule has 0 saturated heterocycles. The summed E-state index contributed by atoms with van der Waals surface area (Å²) in [5.74, 6) is 1.15. The fourth-order valence-corrected chi connectivity index (χ4v) is 2.70.